The first-order chi connectivity index (χ1) is 15.9. The normalized spacial score (nSPS) is 19.0. The maximum Gasteiger partial charge on any atom is 0.325 e. The number of esters is 2. The highest BCUT2D eigenvalue weighted by Gasteiger charge is 2.44. The monoisotopic (exact) mass is 454 g/mol. The fraction of sp³-hybridized carbons (Fsp3) is 0.462. The van der Waals surface area contributed by atoms with Crippen molar-refractivity contribution in [3.8, 4) is 0 Å². The minimum atomic E-state index is -0.554. The van der Waals surface area contributed by atoms with Crippen molar-refractivity contribution >= 4 is 11.9 Å². The highest BCUT2D eigenvalue weighted by molar-refractivity contribution is 5.79. The van der Waals surface area contributed by atoms with Crippen LogP contribution in [-0.2, 0) is 37.0 Å². The summed E-state index contributed by atoms with van der Waals surface area (Å²) in [5.41, 5.74) is 1.91. The molecule has 0 aromatic heterocycles. The zero-order valence-corrected chi connectivity index (χ0v) is 19.6. The number of hydrogen-bond donors (Lipinski definition) is 1. The third kappa shape index (κ3) is 8.28. The van der Waals surface area contributed by atoms with Crippen LogP contribution in [0, 0.1) is 0 Å². The van der Waals surface area contributed by atoms with Crippen molar-refractivity contribution in [2.75, 3.05) is 19.8 Å². The fourth-order valence-electron chi connectivity index (χ4n) is 3.54. The van der Waals surface area contributed by atoms with Crippen molar-refractivity contribution < 1.29 is 23.8 Å². The Hall–Kier alpha value is -2.74. The molecule has 3 rings (SSSR count). The molecule has 1 heterocycles. The van der Waals surface area contributed by atoms with Gasteiger partial charge in [0.2, 0.25) is 0 Å². The van der Waals surface area contributed by atoms with Gasteiger partial charge in [0.25, 0.3) is 0 Å². The SMILES string of the molecule is CC(C)N[C@@H](COCC(C)N1C[C@H]1C(=O)OCc1ccccc1)C(=O)OCc1ccccc1. The fourth-order valence-corrected chi connectivity index (χ4v) is 3.54. The van der Waals surface area contributed by atoms with Crippen LogP contribution in [0.3, 0.4) is 0 Å². The predicted octanol–water partition coefficient (Wildman–Crippen LogP) is 2.93. The molecule has 1 aliphatic heterocycles. The Morgan fingerprint density at radius 2 is 1.48 bits per heavy atom. The average Bonchev–Trinajstić information content (AvgIpc) is 3.63. The van der Waals surface area contributed by atoms with Gasteiger partial charge in [-0.3, -0.25) is 14.5 Å². The lowest BCUT2D eigenvalue weighted by Gasteiger charge is -2.21. The van der Waals surface area contributed by atoms with E-state index in [0.717, 1.165) is 11.1 Å². The van der Waals surface area contributed by atoms with Crippen LogP contribution < -0.4 is 5.32 Å². The Morgan fingerprint density at radius 3 is 2.06 bits per heavy atom. The van der Waals surface area contributed by atoms with Crippen LogP contribution in [0.1, 0.15) is 31.9 Å². The lowest BCUT2D eigenvalue weighted by atomic mass is 10.2. The molecule has 0 spiro atoms. The zero-order chi connectivity index (χ0) is 23.6. The van der Waals surface area contributed by atoms with E-state index in [0.29, 0.717) is 13.2 Å². The van der Waals surface area contributed by atoms with Crippen LogP contribution >= 0.6 is 0 Å². The van der Waals surface area contributed by atoms with Gasteiger partial charge in [0, 0.05) is 18.6 Å². The molecule has 4 atom stereocenters. The molecule has 2 unspecified atom stereocenters. The molecular weight excluding hydrogens is 420 g/mol. The summed E-state index contributed by atoms with van der Waals surface area (Å²) in [6.07, 6.45) is 0. The van der Waals surface area contributed by atoms with Gasteiger partial charge in [-0.1, -0.05) is 74.5 Å². The molecule has 0 saturated carbocycles. The molecule has 33 heavy (non-hydrogen) atoms. The molecule has 0 radical (unpaired) electrons. The van der Waals surface area contributed by atoms with E-state index in [-0.39, 0.29) is 49.9 Å². The van der Waals surface area contributed by atoms with Gasteiger partial charge in [0.15, 0.2) is 0 Å². The Balaban J connectivity index is 1.38. The number of nitrogens with one attached hydrogen (secondary N) is 1. The minimum absolute atomic E-state index is 0.0410. The van der Waals surface area contributed by atoms with Crippen molar-refractivity contribution in [3.63, 3.8) is 0 Å². The molecule has 7 nitrogen and oxygen atoms in total. The first-order valence-electron chi connectivity index (χ1n) is 11.4. The molecule has 1 fully saturated rings. The second kappa shape index (κ2) is 12.5. The molecule has 1 saturated heterocycles. The summed E-state index contributed by atoms with van der Waals surface area (Å²) < 4.78 is 16.7. The molecular formula is C26H34N2O5. The minimum Gasteiger partial charge on any atom is -0.460 e. The number of nitrogens with zero attached hydrogens (tertiary/aromatic N) is 1. The Labute approximate surface area is 196 Å². The van der Waals surface area contributed by atoms with Gasteiger partial charge in [-0.2, -0.15) is 0 Å². The van der Waals surface area contributed by atoms with Crippen molar-refractivity contribution in [2.24, 2.45) is 0 Å². The van der Waals surface area contributed by atoms with Gasteiger partial charge >= 0.3 is 11.9 Å². The van der Waals surface area contributed by atoms with E-state index < -0.39 is 6.04 Å². The average molecular weight is 455 g/mol. The van der Waals surface area contributed by atoms with Crippen molar-refractivity contribution in [1.29, 1.82) is 0 Å². The summed E-state index contributed by atoms with van der Waals surface area (Å²) in [6.45, 7) is 7.73. The molecule has 7 heteroatoms. The molecule has 2 aromatic rings. The lowest BCUT2D eigenvalue weighted by molar-refractivity contribution is -0.149. The van der Waals surface area contributed by atoms with Crippen LogP contribution in [-0.4, -0.2) is 60.8 Å². The standard InChI is InChI=1S/C26H34N2O5/c1-19(2)27-23(25(29)32-16-21-10-6-4-7-11-21)18-31-15-20(3)28-14-24(28)26(30)33-17-22-12-8-5-9-13-22/h4-13,19-20,23-24,27H,14-18H2,1-3H3/t20?,23-,24-,28?/m0/s1. The van der Waals surface area contributed by atoms with Gasteiger partial charge in [-0.05, 0) is 18.1 Å². The summed E-state index contributed by atoms with van der Waals surface area (Å²) in [4.78, 5) is 26.9. The second-order valence-electron chi connectivity index (χ2n) is 8.66. The van der Waals surface area contributed by atoms with Gasteiger partial charge in [-0.15, -0.1) is 0 Å². The number of ether oxygens (including phenoxy) is 3. The number of carbonyl (C=O) groups is 2. The third-order valence-corrected chi connectivity index (χ3v) is 5.40. The molecule has 2 aromatic carbocycles. The van der Waals surface area contributed by atoms with Crippen LogP contribution in [0.2, 0.25) is 0 Å². The van der Waals surface area contributed by atoms with Crippen LogP contribution in [0.4, 0.5) is 0 Å². The molecule has 0 aliphatic carbocycles. The summed E-state index contributed by atoms with van der Waals surface area (Å²) in [7, 11) is 0. The topological polar surface area (TPSA) is 76.9 Å². The second-order valence-corrected chi connectivity index (χ2v) is 8.66. The number of hydrogen-bond acceptors (Lipinski definition) is 7. The van der Waals surface area contributed by atoms with Crippen molar-refractivity contribution in [3.05, 3.63) is 71.8 Å². The smallest absolute Gasteiger partial charge is 0.325 e. The van der Waals surface area contributed by atoms with E-state index in [1.165, 1.54) is 0 Å². The molecule has 1 N–H and O–H groups in total. The Kier molecular flexibility index (Phi) is 9.42. The predicted molar refractivity (Wildman–Crippen MR) is 125 cm³/mol. The first kappa shape index (κ1) is 24.9. The van der Waals surface area contributed by atoms with Gasteiger partial charge < -0.3 is 19.5 Å². The quantitative estimate of drug-likeness (QED) is 0.368. The Morgan fingerprint density at radius 1 is 0.909 bits per heavy atom. The molecule has 1 aliphatic rings. The Bertz CT molecular complexity index is 875. The van der Waals surface area contributed by atoms with Crippen LogP contribution in [0.15, 0.2) is 60.7 Å². The van der Waals surface area contributed by atoms with E-state index in [1.54, 1.807) is 0 Å². The molecule has 0 amide bonds. The maximum absolute atomic E-state index is 12.6. The van der Waals surface area contributed by atoms with Crippen LogP contribution in [0.25, 0.3) is 0 Å². The van der Waals surface area contributed by atoms with E-state index in [2.05, 4.69) is 5.32 Å². The number of carbonyl (C=O) groups excluding carboxylic acids is 2. The first-order valence-corrected chi connectivity index (χ1v) is 11.4. The summed E-state index contributed by atoms with van der Waals surface area (Å²) >= 11 is 0. The van der Waals surface area contributed by atoms with E-state index in [4.69, 9.17) is 14.2 Å². The summed E-state index contributed by atoms with van der Waals surface area (Å²) in [5, 5.41) is 3.21. The third-order valence-electron chi connectivity index (χ3n) is 5.40. The van der Waals surface area contributed by atoms with E-state index >= 15 is 0 Å². The van der Waals surface area contributed by atoms with Crippen LogP contribution in [0.5, 0.6) is 0 Å². The molecule has 178 valence electrons. The van der Waals surface area contributed by atoms with Gasteiger partial charge in [0.1, 0.15) is 25.3 Å². The largest absolute Gasteiger partial charge is 0.460 e. The summed E-state index contributed by atoms with van der Waals surface area (Å²) in [6, 6.07) is 18.6. The lowest BCUT2D eigenvalue weighted by Crippen LogP contribution is -2.45. The van der Waals surface area contributed by atoms with Crippen molar-refractivity contribution in [1.82, 2.24) is 10.2 Å². The number of rotatable bonds is 13. The maximum atomic E-state index is 12.6. The van der Waals surface area contributed by atoms with Crippen molar-refractivity contribution in [2.45, 2.75) is 58.2 Å². The van der Waals surface area contributed by atoms with Gasteiger partial charge in [0.05, 0.1) is 13.2 Å². The van der Waals surface area contributed by atoms with E-state index in [9.17, 15) is 9.59 Å². The summed E-state index contributed by atoms with van der Waals surface area (Å²) in [5.74, 6) is -0.552. The van der Waals surface area contributed by atoms with Gasteiger partial charge in [-0.25, -0.2) is 0 Å². The molecule has 0 bridgehead atoms. The highest BCUT2D eigenvalue weighted by atomic mass is 16.5. The number of benzene rings is 2. The van der Waals surface area contributed by atoms with E-state index in [1.807, 2.05) is 86.3 Å². The highest BCUT2D eigenvalue weighted by Crippen LogP contribution is 2.23. The zero-order valence-electron chi connectivity index (χ0n) is 19.6.